The Balaban J connectivity index is 1.39. The molecular weight excluding hydrogens is 388 g/mol. The molecule has 5 heterocycles. The van der Waals surface area contributed by atoms with E-state index in [9.17, 15) is 4.79 Å². The molecule has 1 atom stereocenters. The molecule has 0 N–H and O–H groups in total. The third-order valence-electron chi connectivity index (χ3n) is 5.74. The van der Waals surface area contributed by atoms with Crippen LogP contribution in [0.5, 0.6) is 0 Å². The molecule has 0 radical (unpaired) electrons. The molecule has 1 amide bonds. The van der Waals surface area contributed by atoms with Crippen molar-refractivity contribution >= 4 is 11.6 Å². The maximum atomic E-state index is 13.1. The summed E-state index contributed by atoms with van der Waals surface area (Å²) in [6.07, 6.45) is 7.50. The first kappa shape index (κ1) is 19.4. The molecule has 1 saturated heterocycles. The molecule has 0 unspecified atom stereocenters. The number of nitrogens with zero attached hydrogens (tertiary/aromatic N) is 6. The minimum Gasteiger partial charge on any atom is -0.338 e. The first-order valence-corrected chi connectivity index (χ1v) is 10.6. The standard InChI is InChI=1S/C24H24N6O/c1-16-11-21(12-17(2)26-16)24(31)29-10-4-6-20(14-29)23-27-22-8-7-19(15-30(22)28-23)18-5-3-9-25-13-18/h3,5,7-9,11-13,15,20H,4,6,10,14H2,1-2H3/t20-/m1/s1. The average molecular weight is 412 g/mol. The Labute approximate surface area is 180 Å². The molecule has 0 aromatic carbocycles. The van der Waals surface area contributed by atoms with E-state index in [4.69, 9.17) is 10.1 Å². The van der Waals surface area contributed by atoms with Crippen LogP contribution in [-0.4, -0.2) is 48.5 Å². The van der Waals surface area contributed by atoms with E-state index in [1.54, 1.807) is 6.20 Å². The second-order valence-corrected chi connectivity index (χ2v) is 8.16. The Kier molecular flexibility index (Phi) is 4.94. The van der Waals surface area contributed by atoms with Gasteiger partial charge in [-0.1, -0.05) is 6.07 Å². The third kappa shape index (κ3) is 3.91. The van der Waals surface area contributed by atoms with Crippen molar-refractivity contribution in [2.75, 3.05) is 13.1 Å². The van der Waals surface area contributed by atoms with Gasteiger partial charge in [0.1, 0.15) is 0 Å². The summed E-state index contributed by atoms with van der Waals surface area (Å²) in [4.78, 5) is 28.4. The Morgan fingerprint density at radius 2 is 1.90 bits per heavy atom. The molecule has 1 aliphatic heterocycles. The van der Waals surface area contributed by atoms with Crippen molar-refractivity contribution < 1.29 is 4.79 Å². The number of pyridine rings is 3. The molecule has 0 saturated carbocycles. The number of piperidine rings is 1. The molecule has 4 aromatic heterocycles. The van der Waals surface area contributed by atoms with Crippen molar-refractivity contribution in [2.45, 2.75) is 32.6 Å². The van der Waals surface area contributed by atoms with Crippen LogP contribution in [0.2, 0.25) is 0 Å². The maximum Gasteiger partial charge on any atom is 0.254 e. The van der Waals surface area contributed by atoms with E-state index in [1.165, 1.54) is 0 Å². The predicted molar refractivity (Wildman–Crippen MR) is 118 cm³/mol. The molecule has 0 bridgehead atoms. The number of likely N-dealkylation sites (tertiary alicyclic amines) is 1. The first-order chi connectivity index (χ1) is 15.1. The highest BCUT2D eigenvalue weighted by atomic mass is 16.2. The van der Waals surface area contributed by atoms with Crippen LogP contribution < -0.4 is 0 Å². The van der Waals surface area contributed by atoms with Gasteiger partial charge in [-0.05, 0) is 57.0 Å². The SMILES string of the molecule is Cc1cc(C(=O)N2CCC[C@@H](c3nc4ccc(-c5cccnc5)cn4n3)C2)cc(C)n1. The molecule has 1 aliphatic rings. The van der Waals surface area contributed by atoms with E-state index in [1.807, 2.05) is 72.1 Å². The maximum absolute atomic E-state index is 13.1. The van der Waals surface area contributed by atoms with E-state index in [0.29, 0.717) is 12.1 Å². The number of aryl methyl sites for hydroxylation is 2. The number of rotatable bonds is 3. The van der Waals surface area contributed by atoms with Gasteiger partial charge in [-0.3, -0.25) is 14.8 Å². The van der Waals surface area contributed by atoms with Crippen molar-refractivity contribution in [3.8, 4) is 11.1 Å². The lowest BCUT2D eigenvalue weighted by Crippen LogP contribution is -2.39. The van der Waals surface area contributed by atoms with Gasteiger partial charge in [0.15, 0.2) is 11.5 Å². The van der Waals surface area contributed by atoms with Crippen molar-refractivity contribution in [2.24, 2.45) is 0 Å². The van der Waals surface area contributed by atoms with Gasteiger partial charge in [0, 0.05) is 65.7 Å². The Morgan fingerprint density at radius 3 is 2.68 bits per heavy atom. The van der Waals surface area contributed by atoms with Crippen LogP contribution in [0, 0.1) is 13.8 Å². The van der Waals surface area contributed by atoms with Gasteiger partial charge in [-0.25, -0.2) is 9.50 Å². The third-order valence-corrected chi connectivity index (χ3v) is 5.74. The van der Waals surface area contributed by atoms with Crippen molar-refractivity contribution in [1.82, 2.24) is 29.5 Å². The number of amides is 1. The summed E-state index contributed by atoms with van der Waals surface area (Å²) in [6.45, 7) is 5.23. The average Bonchev–Trinajstić information content (AvgIpc) is 3.22. The lowest BCUT2D eigenvalue weighted by atomic mass is 9.96. The zero-order chi connectivity index (χ0) is 21.4. The quantitative estimate of drug-likeness (QED) is 0.511. The van der Waals surface area contributed by atoms with Gasteiger partial charge < -0.3 is 4.90 Å². The molecule has 0 spiro atoms. The molecule has 1 fully saturated rings. The van der Waals surface area contributed by atoms with Crippen LogP contribution in [-0.2, 0) is 0 Å². The topological polar surface area (TPSA) is 76.3 Å². The van der Waals surface area contributed by atoms with Crippen molar-refractivity contribution in [3.05, 3.63) is 77.8 Å². The van der Waals surface area contributed by atoms with Crippen LogP contribution in [0.25, 0.3) is 16.8 Å². The Hall–Kier alpha value is -3.61. The summed E-state index contributed by atoms with van der Waals surface area (Å²) in [7, 11) is 0. The second-order valence-electron chi connectivity index (χ2n) is 8.16. The lowest BCUT2D eigenvalue weighted by Gasteiger charge is -2.31. The van der Waals surface area contributed by atoms with Crippen LogP contribution >= 0.6 is 0 Å². The highest BCUT2D eigenvalue weighted by molar-refractivity contribution is 5.94. The fraction of sp³-hybridized carbons (Fsp3) is 0.292. The van der Waals surface area contributed by atoms with Crippen LogP contribution in [0.3, 0.4) is 0 Å². The van der Waals surface area contributed by atoms with Gasteiger partial charge in [0.25, 0.3) is 5.91 Å². The summed E-state index contributed by atoms with van der Waals surface area (Å²) >= 11 is 0. The second kappa shape index (κ2) is 7.91. The van der Waals surface area contributed by atoms with E-state index in [0.717, 1.165) is 53.4 Å². The van der Waals surface area contributed by atoms with Gasteiger partial charge in [-0.15, -0.1) is 0 Å². The van der Waals surface area contributed by atoms with E-state index in [2.05, 4.69) is 9.97 Å². The van der Waals surface area contributed by atoms with E-state index >= 15 is 0 Å². The number of carbonyl (C=O) groups is 1. The fourth-order valence-corrected chi connectivity index (χ4v) is 4.29. The highest BCUT2D eigenvalue weighted by Gasteiger charge is 2.28. The highest BCUT2D eigenvalue weighted by Crippen LogP contribution is 2.27. The van der Waals surface area contributed by atoms with Gasteiger partial charge >= 0.3 is 0 Å². The van der Waals surface area contributed by atoms with Crippen LogP contribution in [0.1, 0.15) is 46.3 Å². The lowest BCUT2D eigenvalue weighted by molar-refractivity contribution is 0.0704. The smallest absolute Gasteiger partial charge is 0.254 e. The normalized spacial score (nSPS) is 16.6. The molecular formula is C24H24N6O. The Morgan fingerprint density at radius 1 is 1.06 bits per heavy atom. The summed E-state index contributed by atoms with van der Waals surface area (Å²) < 4.78 is 1.83. The molecule has 31 heavy (non-hydrogen) atoms. The number of hydrogen-bond donors (Lipinski definition) is 0. The summed E-state index contributed by atoms with van der Waals surface area (Å²) in [5.41, 5.74) is 5.33. The summed E-state index contributed by atoms with van der Waals surface area (Å²) in [5.74, 6) is 0.979. The van der Waals surface area contributed by atoms with Gasteiger partial charge in [0.05, 0.1) is 0 Å². The summed E-state index contributed by atoms with van der Waals surface area (Å²) in [6, 6.07) is 11.7. The molecule has 5 rings (SSSR count). The minimum atomic E-state index is 0.0564. The van der Waals surface area contributed by atoms with Crippen molar-refractivity contribution in [3.63, 3.8) is 0 Å². The minimum absolute atomic E-state index is 0.0564. The number of carbonyl (C=O) groups excluding carboxylic acids is 1. The predicted octanol–water partition coefficient (Wildman–Crippen LogP) is 3.82. The molecule has 7 heteroatoms. The number of hydrogen-bond acceptors (Lipinski definition) is 5. The van der Waals surface area contributed by atoms with Gasteiger partial charge in [-0.2, -0.15) is 5.10 Å². The molecule has 156 valence electrons. The van der Waals surface area contributed by atoms with E-state index < -0.39 is 0 Å². The number of aromatic nitrogens is 5. The number of fused-ring (bicyclic) bond motifs is 1. The fourth-order valence-electron chi connectivity index (χ4n) is 4.29. The zero-order valence-electron chi connectivity index (χ0n) is 17.7. The zero-order valence-corrected chi connectivity index (χ0v) is 17.7. The first-order valence-electron chi connectivity index (χ1n) is 10.6. The van der Waals surface area contributed by atoms with Gasteiger partial charge in [0.2, 0.25) is 0 Å². The molecule has 7 nitrogen and oxygen atoms in total. The largest absolute Gasteiger partial charge is 0.338 e. The van der Waals surface area contributed by atoms with E-state index in [-0.39, 0.29) is 11.8 Å². The Bertz CT molecular complexity index is 1230. The summed E-state index contributed by atoms with van der Waals surface area (Å²) in [5, 5.41) is 4.75. The molecule has 0 aliphatic carbocycles. The van der Waals surface area contributed by atoms with Crippen molar-refractivity contribution in [1.29, 1.82) is 0 Å². The van der Waals surface area contributed by atoms with Crippen LogP contribution in [0.4, 0.5) is 0 Å². The van der Waals surface area contributed by atoms with Crippen LogP contribution in [0.15, 0.2) is 55.0 Å². The monoisotopic (exact) mass is 412 g/mol. The molecule has 4 aromatic rings.